The van der Waals surface area contributed by atoms with Crippen LogP contribution in [0.25, 0.3) is 0 Å². The van der Waals surface area contributed by atoms with Gasteiger partial charge in [0, 0.05) is 19.5 Å². The van der Waals surface area contributed by atoms with Crippen LogP contribution in [-0.4, -0.2) is 37.0 Å². The molecule has 3 heteroatoms. The van der Waals surface area contributed by atoms with Crippen molar-refractivity contribution >= 4 is 5.91 Å². The van der Waals surface area contributed by atoms with E-state index < -0.39 is 0 Å². The van der Waals surface area contributed by atoms with Crippen molar-refractivity contribution in [2.75, 3.05) is 26.2 Å². The van der Waals surface area contributed by atoms with Gasteiger partial charge in [-0.05, 0) is 51.6 Å². The minimum absolute atomic E-state index is 0.276. The van der Waals surface area contributed by atoms with Gasteiger partial charge in [0.25, 0.3) is 0 Å². The van der Waals surface area contributed by atoms with Crippen molar-refractivity contribution < 1.29 is 4.79 Å². The normalized spacial score (nSPS) is 21.4. The second-order valence-electron chi connectivity index (χ2n) is 5.65. The van der Waals surface area contributed by atoms with Crippen LogP contribution in [-0.2, 0) is 4.79 Å². The van der Waals surface area contributed by atoms with E-state index in [1.54, 1.807) is 0 Å². The van der Waals surface area contributed by atoms with Gasteiger partial charge in [-0.1, -0.05) is 19.1 Å². The van der Waals surface area contributed by atoms with E-state index in [4.69, 9.17) is 0 Å². The molecule has 1 aliphatic rings. The number of nitrogens with one attached hydrogen (secondary N) is 1. The van der Waals surface area contributed by atoms with E-state index in [0.29, 0.717) is 24.8 Å². The maximum atomic E-state index is 12.2. The SMILES string of the molecule is C=C(C)CN(CC)C(=O)CC(C)C1CCCNC1. The third-order valence-electron chi connectivity index (χ3n) is 3.83. The first-order valence-corrected chi connectivity index (χ1v) is 7.17. The first-order chi connectivity index (χ1) is 8.54. The minimum Gasteiger partial charge on any atom is -0.339 e. The summed E-state index contributed by atoms with van der Waals surface area (Å²) in [5, 5.41) is 3.43. The molecule has 0 saturated carbocycles. The molecule has 18 heavy (non-hydrogen) atoms. The van der Waals surface area contributed by atoms with Crippen LogP contribution in [0.5, 0.6) is 0 Å². The fourth-order valence-corrected chi connectivity index (χ4v) is 2.64. The highest BCUT2D eigenvalue weighted by Crippen LogP contribution is 2.23. The summed E-state index contributed by atoms with van der Waals surface area (Å²) in [6, 6.07) is 0. The lowest BCUT2D eigenvalue weighted by atomic mass is 9.85. The monoisotopic (exact) mass is 252 g/mol. The van der Waals surface area contributed by atoms with Crippen molar-refractivity contribution in [1.82, 2.24) is 10.2 Å². The van der Waals surface area contributed by atoms with E-state index in [0.717, 1.165) is 25.2 Å². The van der Waals surface area contributed by atoms with Crippen molar-refractivity contribution in [3.63, 3.8) is 0 Å². The summed E-state index contributed by atoms with van der Waals surface area (Å²) in [5.74, 6) is 1.41. The second-order valence-corrected chi connectivity index (χ2v) is 5.65. The summed E-state index contributed by atoms with van der Waals surface area (Å²) >= 11 is 0. The zero-order valence-corrected chi connectivity index (χ0v) is 12.2. The quantitative estimate of drug-likeness (QED) is 0.736. The molecule has 1 amide bonds. The zero-order valence-electron chi connectivity index (χ0n) is 12.2. The minimum atomic E-state index is 0.276. The molecule has 0 radical (unpaired) electrons. The van der Waals surface area contributed by atoms with Gasteiger partial charge >= 0.3 is 0 Å². The Morgan fingerprint density at radius 3 is 2.78 bits per heavy atom. The molecule has 1 heterocycles. The van der Waals surface area contributed by atoms with Crippen LogP contribution in [0.1, 0.15) is 40.0 Å². The number of carbonyl (C=O) groups is 1. The molecule has 2 unspecified atom stereocenters. The van der Waals surface area contributed by atoms with E-state index in [9.17, 15) is 4.79 Å². The Bertz CT molecular complexity index is 282. The first-order valence-electron chi connectivity index (χ1n) is 7.17. The molecular weight excluding hydrogens is 224 g/mol. The molecule has 0 spiro atoms. The summed E-state index contributed by atoms with van der Waals surface area (Å²) in [5.41, 5.74) is 1.05. The number of carbonyl (C=O) groups excluding carboxylic acids is 1. The van der Waals surface area contributed by atoms with Crippen LogP contribution in [0.15, 0.2) is 12.2 Å². The van der Waals surface area contributed by atoms with Crippen molar-refractivity contribution in [3.05, 3.63) is 12.2 Å². The van der Waals surface area contributed by atoms with Crippen LogP contribution in [0.4, 0.5) is 0 Å². The Labute approximate surface area is 112 Å². The van der Waals surface area contributed by atoms with Gasteiger partial charge in [-0.3, -0.25) is 4.79 Å². The number of amides is 1. The highest BCUT2D eigenvalue weighted by atomic mass is 16.2. The number of nitrogens with zero attached hydrogens (tertiary/aromatic N) is 1. The van der Waals surface area contributed by atoms with Gasteiger partial charge < -0.3 is 10.2 Å². The smallest absolute Gasteiger partial charge is 0.223 e. The predicted octanol–water partition coefficient (Wildman–Crippen LogP) is 2.44. The third-order valence-corrected chi connectivity index (χ3v) is 3.83. The van der Waals surface area contributed by atoms with Gasteiger partial charge in [0.1, 0.15) is 0 Å². The molecule has 1 rings (SSSR count). The lowest BCUT2D eigenvalue weighted by Crippen LogP contribution is -2.37. The number of rotatable bonds is 6. The van der Waals surface area contributed by atoms with Crippen LogP contribution in [0.2, 0.25) is 0 Å². The van der Waals surface area contributed by atoms with E-state index >= 15 is 0 Å². The van der Waals surface area contributed by atoms with Crippen LogP contribution in [0, 0.1) is 11.8 Å². The molecule has 0 aromatic carbocycles. The molecule has 0 bridgehead atoms. The molecule has 0 aromatic heterocycles. The molecule has 1 aliphatic heterocycles. The molecule has 1 N–H and O–H groups in total. The van der Waals surface area contributed by atoms with Crippen molar-refractivity contribution in [2.24, 2.45) is 11.8 Å². The Balaban J connectivity index is 2.43. The van der Waals surface area contributed by atoms with Crippen molar-refractivity contribution in [2.45, 2.75) is 40.0 Å². The molecular formula is C15H28N2O. The Kier molecular flexibility index (Phi) is 6.41. The van der Waals surface area contributed by atoms with Crippen LogP contribution < -0.4 is 5.32 Å². The number of hydrogen-bond donors (Lipinski definition) is 1. The molecule has 3 nitrogen and oxygen atoms in total. The Morgan fingerprint density at radius 1 is 1.56 bits per heavy atom. The fraction of sp³-hybridized carbons (Fsp3) is 0.800. The maximum Gasteiger partial charge on any atom is 0.223 e. The predicted molar refractivity (Wildman–Crippen MR) is 76.4 cm³/mol. The van der Waals surface area contributed by atoms with Crippen LogP contribution >= 0.6 is 0 Å². The maximum absolute atomic E-state index is 12.2. The summed E-state index contributed by atoms with van der Waals surface area (Å²) in [7, 11) is 0. The largest absolute Gasteiger partial charge is 0.339 e. The lowest BCUT2D eigenvalue weighted by molar-refractivity contribution is -0.131. The lowest BCUT2D eigenvalue weighted by Gasteiger charge is -2.30. The molecule has 0 aromatic rings. The summed E-state index contributed by atoms with van der Waals surface area (Å²) in [4.78, 5) is 14.1. The number of hydrogen-bond acceptors (Lipinski definition) is 2. The van der Waals surface area contributed by atoms with Gasteiger partial charge in [0.05, 0.1) is 0 Å². The van der Waals surface area contributed by atoms with Gasteiger partial charge in [0.15, 0.2) is 0 Å². The Morgan fingerprint density at radius 2 is 2.28 bits per heavy atom. The summed E-state index contributed by atoms with van der Waals surface area (Å²) in [6.07, 6.45) is 3.17. The second kappa shape index (κ2) is 7.57. The van der Waals surface area contributed by atoms with Gasteiger partial charge in [-0.2, -0.15) is 0 Å². The molecule has 0 aliphatic carbocycles. The number of likely N-dealkylation sites (N-methyl/N-ethyl adjacent to an activating group) is 1. The summed E-state index contributed by atoms with van der Waals surface area (Å²) in [6.45, 7) is 13.8. The van der Waals surface area contributed by atoms with Crippen molar-refractivity contribution in [3.8, 4) is 0 Å². The topological polar surface area (TPSA) is 32.3 Å². The first kappa shape index (κ1) is 15.2. The van der Waals surface area contributed by atoms with Gasteiger partial charge in [-0.15, -0.1) is 0 Å². The van der Waals surface area contributed by atoms with E-state index in [1.807, 2.05) is 18.7 Å². The number of piperidine rings is 1. The van der Waals surface area contributed by atoms with E-state index in [1.165, 1.54) is 12.8 Å². The zero-order chi connectivity index (χ0) is 13.5. The van der Waals surface area contributed by atoms with E-state index in [-0.39, 0.29) is 5.91 Å². The highest BCUT2D eigenvalue weighted by Gasteiger charge is 2.23. The fourth-order valence-electron chi connectivity index (χ4n) is 2.64. The van der Waals surface area contributed by atoms with E-state index in [2.05, 4.69) is 18.8 Å². The van der Waals surface area contributed by atoms with Gasteiger partial charge in [0.2, 0.25) is 5.91 Å². The average Bonchev–Trinajstić information content (AvgIpc) is 2.36. The third kappa shape index (κ3) is 4.81. The molecule has 104 valence electrons. The molecule has 2 atom stereocenters. The molecule has 1 saturated heterocycles. The standard InChI is InChI=1S/C15H28N2O/c1-5-17(11-12(2)3)15(18)9-13(4)14-7-6-8-16-10-14/h13-14,16H,2,5-11H2,1,3-4H3. The Hall–Kier alpha value is -0.830. The van der Waals surface area contributed by atoms with Crippen LogP contribution in [0.3, 0.4) is 0 Å². The summed E-state index contributed by atoms with van der Waals surface area (Å²) < 4.78 is 0. The molecule has 1 fully saturated rings. The highest BCUT2D eigenvalue weighted by molar-refractivity contribution is 5.76. The average molecular weight is 252 g/mol. The van der Waals surface area contributed by atoms with Gasteiger partial charge in [-0.25, -0.2) is 0 Å². The van der Waals surface area contributed by atoms with Crippen molar-refractivity contribution in [1.29, 1.82) is 0 Å².